The Labute approximate surface area is 111 Å². The monoisotopic (exact) mass is 258 g/mol. The summed E-state index contributed by atoms with van der Waals surface area (Å²) in [6.45, 7) is 3.47. The molecule has 6 heteroatoms. The highest BCUT2D eigenvalue weighted by atomic mass is 16.5. The van der Waals surface area contributed by atoms with Gasteiger partial charge in [0.1, 0.15) is 19.3 Å². The average Bonchev–Trinajstić information content (AvgIpc) is 2.94. The maximum absolute atomic E-state index is 8.86. The lowest BCUT2D eigenvalue weighted by atomic mass is 10.2. The smallest absolute Gasteiger partial charge is 0.162 e. The number of hydrogen-bond acceptors (Lipinski definition) is 5. The summed E-state index contributed by atoms with van der Waals surface area (Å²) in [5.41, 5.74) is 0.548. The van der Waals surface area contributed by atoms with Gasteiger partial charge in [-0.25, -0.2) is 9.67 Å². The fraction of sp³-hybridized carbons (Fsp3) is 0.308. The minimum absolute atomic E-state index is 0.454. The first kappa shape index (κ1) is 12.9. The van der Waals surface area contributed by atoms with E-state index in [0.29, 0.717) is 36.8 Å². The van der Waals surface area contributed by atoms with Crippen molar-refractivity contribution in [3.8, 4) is 17.6 Å². The van der Waals surface area contributed by atoms with Crippen molar-refractivity contribution in [1.29, 1.82) is 5.26 Å². The molecule has 0 amide bonds. The Morgan fingerprint density at radius 1 is 1.32 bits per heavy atom. The lowest BCUT2D eigenvalue weighted by molar-refractivity contribution is 0.262. The summed E-state index contributed by atoms with van der Waals surface area (Å²) in [4.78, 5) is 3.85. The molecule has 98 valence electrons. The second-order valence-corrected chi connectivity index (χ2v) is 3.71. The lowest BCUT2D eigenvalue weighted by Gasteiger charge is -2.11. The highest BCUT2D eigenvalue weighted by molar-refractivity contribution is 5.46. The van der Waals surface area contributed by atoms with Gasteiger partial charge in [-0.1, -0.05) is 0 Å². The second-order valence-electron chi connectivity index (χ2n) is 3.71. The molecule has 0 unspecified atom stereocenters. The fourth-order valence-electron chi connectivity index (χ4n) is 1.56. The van der Waals surface area contributed by atoms with Gasteiger partial charge >= 0.3 is 0 Å². The van der Waals surface area contributed by atoms with Gasteiger partial charge in [0, 0.05) is 6.07 Å². The predicted octanol–water partition coefficient (Wildman–Crippen LogP) is 1.63. The number of benzene rings is 1. The van der Waals surface area contributed by atoms with E-state index >= 15 is 0 Å². The van der Waals surface area contributed by atoms with E-state index in [-0.39, 0.29) is 0 Å². The van der Waals surface area contributed by atoms with Crippen molar-refractivity contribution in [2.45, 2.75) is 13.5 Å². The van der Waals surface area contributed by atoms with Crippen LogP contribution in [0.4, 0.5) is 0 Å². The molecule has 0 N–H and O–H groups in total. The summed E-state index contributed by atoms with van der Waals surface area (Å²) in [7, 11) is 0. The summed E-state index contributed by atoms with van der Waals surface area (Å²) in [6, 6.07) is 7.19. The fourth-order valence-corrected chi connectivity index (χ4v) is 1.56. The third-order valence-electron chi connectivity index (χ3n) is 2.42. The van der Waals surface area contributed by atoms with E-state index in [1.54, 1.807) is 29.2 Å². The maximum atomic E-state index is 8.86. The van der Waals surface area contributed by atoms with Gasteiger partial charge in [-0.15, -0.1) is 0 Å². The molecule has 1 aromatic carbocycles. The van der Waals surface area contributed by atoms with Gasteiger partial charge in [-0.2, -0.15) is 10.4 Å². The van der Waals surface area contributed by atoms with Gasteiger partial charge in [-0.3, -0.25) is 0 Å². The Balaban J connectivity index is 2.00. The van der Waals surface area contributed by atoms with Gasteiger partial charge < -0.3 is 9.47 Å². The number of ether oxygens (including phenoxy) is 2. The number of nitrogens with zero attached hydrogens (tertiary/aromatic N) is 4. The van der Waals surface area contributed by atoms with Gasteiger partial charge in [-0.05, 0) is 19.1 Å². The van der Waals surface area contributed by atoms with E-state index in [1.807, 2.05) is 6.92 Å². The third kappa shape index (κ3) is 3.45. The zero-order valence-corrected chi connectivity index (χ0v) is 10.6. The number of aromatic nitrogens is 3. The molecule has 0 aliphatic carbocycles. The molecule has 1 heterocycles. The summed E-state index contributed by atoms with van der Waals surface area (Å²) >= 11 is 0. The van der Waals surface area contributed by atoms with Crippen molar-refractivity contribution in [1.82, 2.24) is 14.8 Å². The van der Waals surface area contributed by atoms with Gasteiger partial charge in [0.05, 0.1) is 24.8 Å². The van der Waals surface area contributed by atoms with Crippen LogP contribution in [0, 0.1) is 11.3 Å². The average molecular weight is 258 g/mol. The van der Waals surface area contributed by atoms with Crippen molar-refractivity contribution in [2.75, 3.05) is 13.2 Å². The number of nitriles is 1. The Morgan fingerprint density at radius 2 is 2.21 bits per heavy atom. The second kappa shape index (κ2) is 6.40. The Kier molecular flexibility index (Phi) is 4.34. The number of hydrogen-bond donors (Lipinski definition) is 0. The molecule has 0 saturated carbocycles. The van der Waals surface area contributed by atoms with Crippen molar-refractivity contribution >= 4 is 0 Å². The molecule has 0 atom stereocenters. The van der Waals surface area contributed by atoms with Crippen LogP contribution >= 0.6 is 0 Å². The third-order valence-corrected chi connectivity index (χ3v) is 2.42. The molecule has 0 bridgehead atoms. The SMILES string of the molecule is CCOc1cc(C#N)ccc1OCCn1cncn1. The molecule has 2 aromatic rings. The highest BCUT2D eigenvalue weighted by Crippen LogP contribution is 2.28. The van der Waals surface area contributed by atoms with E-state index in [2.05, 4.69) is 16.2 Å². The lowest BCUT2D eigenvalue weighted by Crippen LogP contribution is -2.09. The largest absolute Gasteiger partial charge is 0.490 e. The van der Waals surface area contributed by atoms with E-state index in [4.69, 9.17) is 14.7 Å². The summed E-state index contributed by atoms with van der Waals surface area (Å²) in [5.74, 6) is 1.21. The van der Waals surface area contributed by atoms with Gasteiger partial charge in [0.25, 0.3) is 0 Å². The van der Waals surface area contributed by atoms with Gasteiger partial charge in [0.2, 0.25) is 0 Å². The van der Waals surface area contributed by atoms with E-state index in [9.17, 15) is 0 Å². The molecular formula is C13H14N4O2. The van der Waals surface area contributed by atoms with Crippen molar-refractivity contribution in [3.05, 3.63) is 36.4 Å². The zero-order valence-electron chi connectivity index (χ0n) is 10.6. The molecule has 0 aliphatic heterocycles. The minimum Gasteiger partial charge on any atom is -0.490 e. The van der Waals surface area contributed by atoms with Crippen LogP contribution in [-0.4, -0.2) is 28.0 Å². The van der Waals surface area contributed by atoms with E-state index < -0.39 is 0 Å². The predicted molar refractivity (Wildman–Crippen MR) is 67.8 cm³/mol. The first-order valence-corrected chi connectivity index (χ1v) is 5.95. The zero-order chi connectivity index (χ0) is 13.5. The minimum atomic E-state index is 0.454. The molecule has 19 heavy (non-hydrogen) atoms. The van der Waals surface area contributed by atoms with Crippen LogP contribution in [0.1, 0.15) is 12.5 Å². The highest BCUT2D eigenvalue weighted by Gasteiger charge is 2.06. The molecule has 0 aliphatic rings. The van der Waals surface area contributed by atoms with Crippen LogP contribution in [0.25, 0.3) is 0 Å². The molecule has 0 fully saturated rings. The molecule has 1 aromatic heterocycles. The van der Waals surface area contributed by atoms with E-state index in [1.165, 1.54) is 6.33 Å². The summed E-state index contributed by atoms with van der Waals surface area (Å²) < 4.78 is 12.8. The summed E-state index contributed by atoms with van der Waals surface area (Å²) in [5, 5.41) is 12.8. The first-order valence-electron chi connectivity index (χ1n) is 5.95. The van der Waals surface area contributed by atoms with Gasteiger partial charge in [0.15, 0.2) is 11.5 Å². The van der Waals surface area contributed by atoms with Crippen LogP contribution in [0.2, 0.25) is 0 Å². The van der Waals surface area contributed by atoms with Crippen LogP contribution < -0.4 is 9.47 Å². The van der Waals surface area contributed by atoms with Crippen LogP contribution in [-0.2, 0) is 6.54 Å². The van der Waals surface area contributed by atoms with Crippen LogP contribution in [0.15, 0.2) is 30.9 Å². The Hall–Kier alpha value is -2.55. The molecule has 0 saturated heterocycles. The van der Waals surface area contributed by atoms with Crippen LogP contribution in [0.3, 0.4) is 0 Å². The quantitative estimate of drug-likeness (QED) is 0.787. The van der Waals surface area contributed by atoms with Crippen molar-refractivity contribution in [2.24, 2.45) is 0 Å². The molecule has 6 nitrogen and oxygen atoms in total. The van der Waals surface area contributed by atoms with Crippen LogP contribution in [0.5, 0.6) is 11.5 Å². The standard InChI is InChI=1S/C13H14N4O2/c1-2-18-13-7-11(8-14)3-4-12(13)19-6-5-17-10-15-9-16-17/h3-4,7,9-10H,2,5-6H2,1H3. The normalized spacial score (nSPS) is 9.89. The molecular weight excluding hydrogens is 244 g/mol. The molecule has 2 rings (SSSR count). The molecule has 0 spiro atoms. The topological polar surface area (TPSA) is 73.0 Å². The first-order chi connectivity index (χ1) is 9.33. The van der Waals surface area contributed by atoms with E-state index in [0.717, 1.165) is 0 Å². The van der Waals surface area contributed by atoms with Crippen molar-refractivity contribution < 1.29 is 9.47 Å². The van der Waals surface area contributed by atoms with Crippen molar-refractivity contribution in [3.63, 3.8) is 0 Å². The molecule has 0 radical (unpaired) electrons. The Morgan fingerprint density at radius 3 is 2.89 bits per heavy atom. The Bertz CT molecular complexity index is 561. The number of rotatable bonds is 6. The maximum Gasteiger partial charge on any atom is 0.162 e. The summed E-state index contributed by atoms with van der Waals surface area (Å²) in [6.07, 6.45) is 3.11.